The van der Waals surface area contributed by atoms with Crippen LogP contribution >= 0.6 is 0 Å². The molecule has 20 heavy (non-hydrogen) atoms. The predicted octanol–water partition coefficient (Wildman–Crippen LogP) is 3.70. The smallest absolute Gasteiger partial charge is 0.0350 e. The molecule has 1 aliphatic heterocycles. The highest BCUT2D eigenvalue weighted by atomic mass is 15.2. The molecule has 2 heteroatoms. The van der Waals surface area contributed by atoms with E-state index in [9.17, 15) is 0 Å². The van der Waals surface area contributed by atoms with Crippen molar-refractivity contribution in [2.75, 3.05) is 12.3 Å². The van der Waals surface area contributed by atoms with Gasteiger partial charge in [-0.15, -0.1) is 0 Å². The molecular weight excluding hydrogens is 244 g/mol. The van der Waals surface area contributed by atoms with Gasteiger partial charge in [0.2, 0.25) is 0 Å². The van der Waals surface area contributed by atoms with E-state index in [1.807, 2.05) is 6.07 Å². The second-order valence-corrected chi connectivity index (χ2v) is 5.74. The summed E-state index contributed by atoms with van der Waals surface area (Å²) in [5.74, 6) is 0. The van der Waals surface area contributed by atoms with Crippen molar-refractivity contribution in [1.29, 1.82) is 0 Å². The van der Waals surface area contributed by atoms with Gasteiger partial charge in [-0.05, 0) is 48.6 Å². The van der Waals surface area contributed by atoms with Crippen LogP contribution in [-0.4, -0.2) is 11.4 Å². The largest absolute Gasteiger partial charge is 0.398 e. The quantitative estimate of drug-likeness (QED) is 0.840. The summed E-state index contributed by atoms with van der Waals surface area (Å²) in [7, 11) is 0. The molecule has 0 aromatic heterocycles. The molecule has 0 radical (unpaired) electrons. The first-order valence-corrected chi connectivity index (χ1v) is 7.32. The number of aryl methyl sites for hydroxylation is 1. The van der Waals surface area contributed by atoms with Crippen molar-refractivity contribution in [3.63, 3.8) is 0 Å². The SMILES string of the molecule is Cc1ccccc1C(C)N1CCc2c(N)cccc2C1. The summed E-state index contributed by atoms with van der Waals surface area (Å²) >= 11 is 0. The average Bonchev–Trinajstić information content (AvgIpc) is 2.47. The number of nitrogen functional groups attached to an aromatic ring is 1. The van der Waals surface area contributed by atoms with Gasteiger partial charge in [0.15, 0.2) is 0 Å². The van der Waals surface area contributed by atoms with Crippen molar-refractivity contribution >= 4 is 5.69 Å². The maximum Gasteiger partial charge on any atom is 0.0350 e. The minimum atomic E-state index is 0.450. The lowest BCUT2D eigenvalue weighted by Gasteiger charge is -2.35. The minimum absolute atomic E-state index is 0.450. The van der Waals surface area contributed by atoms with Crippen LogP contribution in [0.1, 0.15) is 35.2 Å². The van der Waals surface area contributed by atoms with E-state index >= 15 is 0 Å². The van der Waals surface area contributed by atoms with Crippen LogP contribution < -0.4 is 5.73 Å². The molecule has 0 saturated carbocycles. The highest BCUT2D eigenvalue weighted by molar-refractivity contribution is 5.52. The zero-order chi connectivity index (χ0) is 14.1. The molecule has 1 atom stereocenters. The Labute approximate surface area is 121 Å². The summed E-state index contributed by atoms with van der Waals surface area (Å²) in [4.78, 5) is 2.55. The molecule has 0 spiro atoms. The van der Waals surface area contributed by atoms with E-state index in [1.54, 1.807) is 0 Å². The van der Waals surface area contributed by atoms with Crippen LogP contribution in [0, 0.1) is 6.92 Å². The van der Waals surface area contributed by atoms with Gasteiger partial charge in [0, 0.05) is 24.8 Å². The average molecular weight is 266 g/mol. The zero-order valence-corrected chi connectivity index (χ0v) is 12.3. The van der Waals surface area contributed by atoms with Crippen molar-refractivity contribution in [1.82, 2.24) is 4.90 Å². The molecular formula is C18H22N2. The van der Waals surface area contributed by atoms with E-state index < -0.39 is 0 Å². The molecule has 2 aromatic rings. The number of anilines is 1. The molecule has 1 unspecified atom stereocenters. The molecule has 104 valence electrons. The van der Waals surface area contributed by atoms with Crippen LogP contribution in [0.2, 0.25) is 0 Å². The highest BCUT2D eigenvalue weighted by Gasteiger charge is 2.23. The summed E-state index contributed by atoms with van der Waals surface area (Å²) in [6, 6.07) is 15.4. The molecule has 0 fully saturated rings. The fraction of sp³-hybridized carbons (Fsp3) is 0.333. The molecule has 0 aliphatic carbocycles. The number of rotatable bonds is 2. The minimum Gasteiger partial charge on any atom is -0.398 e. The van der Waals surface area contributed by atoms with Gasteiger partial charge in [-0.3, -0.25) is 4.90 Å². The second kappa shape index (κ2) is 5.29. The van der Waals surface area contributed by atoms with Crippen LogP contribution in [-0.2, 0) is 13.0 Å². The van der Waals surface area contributed by atoms with Gasteiger partial charge in [0.05, 0.1) is 0 Å². The zero-order valence-electron chi connectivity index (χ0n) is 12.3. The molecule has 1 heterocycles. The van der Waals surface area contributed by atoms with Gasteiger partial charge < -0.3 is 5.73 Å². The maximum atomic E-state index is 6.08. The van der Waals surface area contributed by atoms with Gasteiger partial charge >= 0.3 is 0 Å². The Bertz CT molecular complexity index is 619. The molecule has 2 aromatic carbocycles. The topological polar surface area (TPSA) is 29.3 Å². The van der Waals surface area contributed by atoms with E-state index in [-0.39, 0.29) is 0 Å². The highest BCUT2D eigenvalue weighted by Crippen LogP contribution is 2.30. The number of nitrogens with zero attached hydrogens (tertiary/aromatic N) is 1. The molecule has 0 amide bonds. The third-order valence-corrected chi connectivity index (χ3v) is 4.52. The van der Waals surface area contributed by atoms with E-state index in [0.29, 0.717) is 6.04 Å². The lowest BCUT2D eigenvalue weighted by Crippen LogP contribution is -2.33. The number of hydrogen-bond acceptors (Lipinski definition) is 2. The van der Waals surface area contributed by atoms with E-state index in [1.165, 1.54) is 22.3 Å². The Hall–Kier alpha value is -1.80. The molecule has 0 bridgehead atoms. The van der Waals surface area contributed by atoms with Gasteiger partial charge in [0.25, 0.3) is 0 Å². The van der Waals surface area contributed by atoms with Crippen LogP contribution in [0.4, 0.5) is 5.69 Å². The Balaban J connectivity index is 1.85. The van der Waals surface area contributed by atoms with Gasteiger partial charge in [0.1, 0.15) is 0 Å². The Kier molecular flexibility index (Phi) is 3.49. The Morgan fingerprint density at radius 3 is 2.70 bits per heavy atom. The van der Waals surface area contributed by atoms with Gasteiger partial charge in [-0.2, -0.15) is 0 Å². The summed E-state index contributed by atoms with van der Waals surface area (Å²) in [5, 5.41) is 0. The Morgan fingerprint density at radius 2 is 1.90 bits per heavy atom. The number of fused-ring (bicyclic) bond motifs is 1. The third-order valence-electron chi connectivity index (χ3n) is 4.52. The lowest BCUT2D eigenvalue weighted by molar-refractivity contribution is 0.192. The normalized spacial score (nSPS) is 16.7. The summed E-state index contributed by atoms with van der Waals surface area (Å²) in [6.45, 7) is 6.58. The number of hydrogen-bond donors (Lipinski definition) is 1. The summed E-state index contributed by atoms with van der Waals surface area (Å²) < 4.78 is 0. The van der Waals surface area contributed by atoms with Crippen molar-refractivity contribution in [3.05, 3.63) is 64.7 Å². The number of benzene rings is 2. The van der Waals surface area contributed by atoms with E-state index in [0.717, 1.165) is 25.2 Å². The maximum absolute atomic E-state index is 6.08. The summed E-state index contributed by atoms with van der Waals surface area (Å²) in [6.07, 6.45) is 1.05. The lowest BCUT2D eigenvalue weighted by atomic mass is 9.94. The molecule has 3 rings (SSSR count). The van der Waals surface area contributed by atoms with Crippen molar-refractivity contribution in [3.8, 4) is 0 Å². The Morgan fingerprint density at radius 1 is 1.10 bits per heavy atom. The standard InChI is InChI=1S/C18H22N2/c1-13-6-3-4-8-16(13)14(2)20-11-10-17-15(12-20)7-5-9-18(17)19/h3-9,14H,10-12,19H2,1-2H3. The first-order chi connectivity index (χ1) is 9.66. The third kappa shape index (κ3) is 2.32. The van der Waals surface area contributed by atoms with Crippen molar-refractivity contribution < 1.29 is 0 Å². The van der Waals surface area contributed by atoms with Gasteiger partial charge in [-0.25, -0.2) is 0 Å². The summed E-state index contributed by atoms with van der Waals surface area (Å²) in [5.41, 5.74) is 12.6. The number of nitrogens with two attached hydrogens (primary N) is 1. The van der Waals surface area contributed by atoms with E-state index in [2.05, 4.69) is 55.1 Å². The molecule has 2 nitrogen and oxygen atoms in total. The fourth-order valence-electron chi connectivity index (χ4n) is 3.24. The second-order valence-electron chi connectivity index (χ2n) is 5.74. The van der Waals surface area contributed by atoms with Crippen LogP contribution in [0.25, 0.3) is 0 Å². The van der Waals surface area contributed by atoms with Crippen LogP contribution in [0.3, 0.4) is 0 Å². The molecule has 1 aliphatic rings. The van der Waals surface area contributed by atoms with Crippen LogP contribution in [0.5, 0.6) is 0 Å². The van der Waals surface area contributed by atoms with Crippen LogP contribution in [0.15, 0.2) is 42.5 Å². The first kappa shape index (κ1) is 13.2. The first-order valence-electron chi connectivity index (χ1n) is 7.32. The van der Waals surface area contributed by atoms with E-state index in [4.69, 9.17) is 5.73 Å². The van der Waals surface area contributed by atoms with Crippen molar-refractivity contribution in [2.24, 2.45) is 0 Å². The molecule has 2 N–H and O–H groups in total. The monoisotopic (exact) mass is 266 g/mol. The van der Waals surface area contributed by atoms with Gasteiger partial charge in [-0.1, -0.05) is 36.4 Å². The fourth-order valence-corrected chi connectivity index (χ4v) is 3.24. The molecule has 0 saturated heterocycles. The predicted molar refractivity (Wildman–Crippen MR) is 84.6 cm³/mol. The van der Waals surface area contributed by atoms with Crippen molar-refractivity contribution in [2.45, 2.75) is 32.9 Å².